The Hall–Kier alpha value is -2.33. The molecule has 8 nitrogen and oxygen atoms in total. The summed E-state index contributed by atoms with van der Waals surface area (Å²) in [5.74, 6) is 1.21. The second-order valence-corrected chi connectivity index (χ2v) is 9.02. The van der Waals surface area contributed by atoms with Crippen LogP contribution < -0.4 is 14.2 Å². The van der Waals surface area contributed by atoms with Gasteiger partial charge in [0.2, 0.25) is 15.8 Å². The van der Waals surface area contributed by atoms with Gasteiger partial charge < -0.3 is 23.7 Å². The number of nitrogens with zero attached hydrogens (tertiary/aromatic N) is 1. The maximum atomic E-state index is 13.6. The van der Waals surface area contributed by atoms with Crippen molar-refractivity contribution >= 4 is 10.0 Å². The molecule has 0 aliphatic carbocycles. The summed E-state index contributed by atoms with van der Waals surface area (Å²) >= 11 is 0. The van der Waals surface area contributed by atoms with E-state index in [0.29, 0.717) is 34.8 Å². The third-order valence-electron chi connectivity index (χ3n) is 5.21. The zero-order valence-electron chi connectivity index (χ0n) is 19.5. The third-order valence-corrected chi connectivity index (χ3v) is 7.03. The molecule has 0 spiro atoms. The van der Waals surface area contributed by atoms with E-state index in [9.17, 15) is 8.42 Å². The van der Waals surface area contributed by atoms with Crippen molar-refractivity contribution < 1.29 is 32.1 Å². The highest BCUT2D eigenvalue weighted by atomic mass is 32.2. The van der Waals surface area contributed by atoms with Crippen molar-refractivity contribution in [3.05, 3.63) is 53.6 Å². The molecule has 0 saturated heterocycles. The van der Waals surface area contributed by atoms with Gasteiger partial charge in [0.15, 0.2) is 17.8 Å². The SMILES string of the molecule is CCC(c1cc(OC)c(OC)c(OC)c1)N(CC(OC)OC)S(=O)(=O)Cc1ccccc1. The molecule has 0 bridgehead atoms. The van der Waals surface area contributed by atoms with E-state index in [-0.39, 0.29) is 12.3 Å². The zero-order valence-corrected chi connectivity index (χ0v) is 20.3. The lowest BCUT2D eigenvalue weighted by molar-refractivity contribution is -0.111. The van der Waals surface area contributed by atoms with Crippen LogP contribution in [0, 0.1) is 0 Å². The summed E-state index contributed by atoms with van der Waals surface area (Å²) in [6, 6.07) is 12.1. The molecule has 0 N–H and O–H groups in total. The number of benzene rings is 2. The van der Waals surface area contributed by atoms with Gasteiger partial charge in [-0.2, -0.15) is 4.31 Å². The first-order chi connectivity index (χ1) is 15.3. The molecule has 0 heterocycles. The molecular formula is C23H33NO7S. The van der Waals surface area contributed by atoms with Crippen molar-refractivity contribution in [1.82, 2.24) is 4.31 Å². The van der Waals surface area contributed by atoms with Crippen LogP contribution in [0.25, 0.3) is 0 Å². The number of hydrogen-bond acceptors (Lipinski definition) is 7. The fourth-order valence-electron chi connectivity index (χ4n) is 3.59. The summed E-state index contributed by atoms with van der Waals surface area (Å²) in [5.41, 5.74) is 1.41. The molecule has 0 saturated carbocycles. The van der Waals surface area contributed by atoms with Crippen LogP contribution in [0.15, 0.2) is 42.5 Å². The van der Waals surface area contributed by atoms with Crippen LogP contribution in [0.4, 0.5) is 0 Å². The van der Waals surface area contributed by atoms with Gasteiger partial charge in [0, 0.05) is 20.3 Å². The molecule has 0 aliphatic heterocycles. The van der Waals surface area contributed by atoms with E-state index in [0.717, 1.165) is 0 Å². The van der Waals surface area contributed by atoms with E-state index in [1.54, 1.807) is 24.3 Å². The van der Waals surface area contributed by atoms with Gasteiger partial charge in [-0.15, -0.1) is 0 Å². The van der Waals surface area contributed by atoms with Gasteiger partial charge in [-0.25, -0.2) is 8.42 Å². The van der Waals surface area contributed by atoms with Crippen molar-refractivity contribution in [2.75, 3.05) is 42.1 Å². The van der Waals surface area contributed by atoms with Crippen molar-refractivity contribution in [3.63, 3.8) is 0 Å². The monoisotopic (exact) mass is 467 g/mol. The largest absolute Gasteiger partial charge is 0.493 e. The van der Waals surface area contributed by atoms with Crippen LogP contribution in [-0.2, 0) is 25.2 Å². The second kappa shape index (κ2) is 12.1. The van der Waals surface area contributed by atoms with Gasteiger partial charge in [-0.3, -0.25) is 0 Å². The Balaban J connectivity index is 2.57. The lowest BCUT2D eigenvalue weighted by Gasteiger charge is -2.33. The molecule has 0 radical (unpaired) electrons. The molecule has 2 aromatic rings. The minimum Gasteiger partial charge on any atom is -0.493 e. The topological polar surface area (TPSA) is 83.5 Å². The summed E-state index contributed by atoms with van der Waals surface area (Å²) in [4.78, 5) is 0. The number of sulfonamides is 1. The van der Waals surface area contributed by atoms with Crippen LogP contribution in [0.3, 0.4) is 0 Å². The predicted octanol–water partition coefficient (Wildman–Crippen LogP) is 3.61. The van der Waals surface area contributed by atoms with Gasteiger partial charge >= 0.3 is 0 Å². The second-order valence-electron chi connectivity index (χ2n) is 7.10. The molecule has 9 heteroatoms. The van der Waals surface area contributed by atoms with E-state index < -0.39 is 22.4 Å². The van der Waals surface area contributed by atoms with E-state index >= 15 is 0 Å². The highest BCUT2D eigenvalue weighted by Gasteiger charge is 2.34. The van der Waals surface area contributed by atoms with Gasteiger partial charge in [0.1, 0.15) is 0 Å². The highest BCUT2D eigenvalue weighted by molar-refractivity contribution is 7.88. The fraction of sp³-hybridized carbons (Fsp3) is 0.478. The summed E-state index contributed by atoms with van der Waals surface area (Å²) < 4.78 is 55.7. The van der Waals surface area contributed by atoms with Crippen molar-refractivity contribution in [2.45, 2.75) is 31.4 Å². The zero-order chi connectivity index (χ0) is 23.7. The molecular weight excluding hydrogens is 434 g/mol. The molecule has 0 aromatic heterocycles. The minimum absolute atomic E-state index is 0.0251. The molecule has 1 unspecified atom stereocenters. The summed E-state index contributed by atoms with van der Waals surface area (Å²) in [5, 5.41) is 0. The lowest BCUT2D eigenvalue weighted by atomic mass is 10.0. The Morgan fingerprint density at radius 2 is 1.44 bits per heavy atom. The highest BCUT2D eigenvalue weighted by Crippen LogP contribution is 2.42. The van der Waals surface area contributed by atoms with Crippen LogP contribution in [0.2, 0.25) is 0 Å². The predicted molar refractivity (Wildman–Crippen MR) is 123 cm³/mol. The summed E-state index contributed by atoms with van der Waals surface area (Å²) in [6.07, 6.45) is -0.219. The van der Waals surface area contributed by atoms with Crippen LogP contribution in [0.1, 0.15) is 30.5 Å². The van der Waals surface area contributed by atoms with Crippen molar-refractivity contribution in [1.29, 1.82) is 0 Å². The van der Waals surface area contributed by atoms with Crippen molar-refractivity contribution in [2.24, 2.45) is 0 Å². The van der Waals surface area contributed by atoms with Crippen molar-refractivity contribution in [3.8, 4) is 17.2 Å². The van der Waals surface area contributed by atoms with Crippen LogP contribution >= 0.6 is 0 Å². The van der Waals surface area contributed by atoms with Gasteiger partial charge in [0.25, 0.3) is 0 Å². The number of hydrogen-bond donors (Lipinski definition) is 0. The Labute approximate surface area is 191 Å². The Morgan fingerprint density at radius 3 is 1.88 bits per heavy atom. The Morgan fingerprint density at radius 1 is 0.875 bits per heavy atom. The summed E-state index contributed by atoms with van der Waals surface area (Å²) in [7, 11) is 3.80. The Kier molecular flexibility index (Phi) is 9.77. The molecule has 178 valence electrons. The molecule has 0 aliphatic rings. The normalized spacial score (nSPS) is 12.8. The smallest absolute Gasteiger partial charge is 0.219 e. The number of methoxy groups -OCH3 is 5. The average molecular weight is 468 g/mol. The maximum Gasteiger partial charge on any atom is 0.219 e. The van der Waals surface area contributed by atoms with Gasteiger partial charge in [-0.1, -0.05) is 37.3 Å². The maximum absolute atomic E-state index is 13.6. The molecule has 2 aromatic carbocycles. The molecule has 1 atom stereocenters. The first-order valence-electron chi connectivity index (χ1n) is 10.2. The van der Waals surface area contributed by atoms with Gasteiger partial charge in [-0.05, 0) is 29.7 Å². The first-order valence-corrected chi connectivity index (χ1v) is 11.8. The van der Waals surface area contributed by atoms with Gasteiger partial charge in [0.05, 0.1) is 33.6 Å². The molecule has 2 rings (SSSR count). The molecule has 0 amide bonds. The van der Waals surface area contributed by atoms with Crippen LogP contribution in [0.5, 0.6) is 17.2 Å². The lowest BCUT2D eigenvalue weighted by Crippen LogP contribution is -2.42. The summed E-state index contributed by atoms with van der Waals surface area (Å²) in [6.45, 7) is 1.95. The number of ether oxygens (including phenoxy) is 5. The molecule has 0 fully saturated rings. The quantitative estimate of drug-likeness (QED) is 0.416. The van der Waals surface area contributed by atoms with Crippen LogP contribution in [-0.4, -0.2) is 61.1 Å². The first kappa shape index (κ1) is 25.9. The number of rotatable bonds is 13. The van der Waals surface area contributed by atoms with E-state index in [4.69, 9.17) is 23.7 Å². The average Bonchev–Trinajstić information content (AvgIpc) is 2.81. The minimum atomic E-state index is -3.74. The van der Waals surface area contributed by atoms with E-state index in [1.807, 2.05) is 25.1 Å². The molecule has 32 heavy (non-hydrogen) atoms. The third kappa shape index (κ3) is 6.13. The fourth-order valence-corrected chi connectivity index (χ4v) is 5.38. The standard InChI is InChI=1S/C23H33NO7S/c1-7-19(18-13-20(27-2)23(31-6)21(14-18)28-3)24(15-22(29-4)30-5)32(25,26)16-17-11-9-8-10-12-17/h8-14,19,22H,7,15-16H2,1-6H3. The van der Waals surface area contributed by atoms with E-state index in [2.05, 4.69) is 0 Å². The Bertz CT molecular complexity index is 921. The van der Waals surface area contributed by atoms with E-state index in [1.165, 1.54) is 39.9 Å².